The molecule has 2 aliphatic heterocycles. The molecule has 286 valence electrons. The van der Waals surface area contributed by atoms with Crippen LogP contribution in [0, 0.1) is 5.82 Å². The number of fused-ring (bicyclic) bond motifs is 1. The number of nitrogens with two attached hydrogens (primary N) is 1. The molecule has 2 fully saturated rings. The molecule has 6 amide bonds. The van der Waals surface area contributed by atoms with Crippen molar-refractivity contribution in [2.24, 2.45) is 5.73 Å². The van der Waals surface area contributed by atoms with E-state index in [0.717, 1.165) is 24.2 Å². The fraction of sp³-hybridized carbons (Fsp3) is 0.351. The van der Waals surface area contributed by atoms with Crippen LogP contribution >= 0.6 is 0 Å². The molecule has 0 saturated carbocycles. The van der Waals surface area contributed by atoms with Crippen LogP contribution in [0.15, 0.2) is 71.7 Å². The second-order valence-corrected chi connectivity index (χ2v) is 12.6. The summed E-state index contributed by atoms with van der Waals surface area (Å²) in [4.78, 5) is 71.1. The Balaban J connectivity index is 0.000000546. The number of nitrogens with one attached hydrogen (secondary N) is 3. The van der Waals surface area contributed by atoms with Gasteiger partial charge in [-0.25, -0.2) is 18.8 Å². The molecule has 4 aromatic rings. The Morgan fingerprint density at radius 3 is 2.24 bits per heavy atom. The lowest BCUT2D eigenvalue weighted by Crippen LogP contribution is -2.40. The van der Waals surface area contributed by atoms with Crippen molar-refractivity contribution in [3.8, 4) is 5.75 Å². The minimum absolute atomic E-state index is 0.0143. The Bertz CT molecular complexity index is 2010. The third-order valence-corrected chi connectivity index (χ3v) is 8.82. The Kier molecular flexibility index (Phi) is 13.4. The van der Waals surface area contributed by atoms with Crippen molar-refractivity contribution in [1.82, 2.24) is 40.2 Å². The number of halogens is 1. The molecular formula is C37H44FN9O7. The zero-order chi connectivity index (χ0) is 38.6. The summed E-state index contributed by atoms with van der Waals surface area (Å²) >= 11 is 0. The fourth-order valence-corrected chi connectivity index (χ4v) is 5.88. The molecule has 0 spiro atoms. The summed E-state index contributed by atoms with van der Waals surface area (Å²) < 4.78 is 20.1. The SMILES string of the molecule is CN(CCn1c(=O)c(C(=O)NCCN2CCNC2=O)c(O)c2ncc(Cc3ccc(F)cc3)cc21)C(=O)OCc1ccccc1.NCCN1CCNC1=O. The summed E-state index contributed by atoms with van der Waals surface area (Å²) in [6.07, 6.45) is 1.28. The molecule has 17 heteroatoms. The van der Waals surface area contributed by atoms with Crippen LogP contribution in [-0.2, 0) is 24.3 Å². The highest BCUT2D eigenvalue weighted by Gasteiger charge is 2.25. The van der Waals surface area contributed by atoms with E-state index in [1.165, 1.54) is 39.7 Å². The van der Waals surface area contributed by atoms with Gasteiger partial charge in [0.05, 0.1) is 5.52 Å². The highest BCUT2D eigenvalue weighted by Crippen LogP contribution is 2.26. The van der Waals surface area contributed by atoms with Gasteiger partial charge in [-0.2, -0.15) is 0 Å². The second-order valence-electron chi connectivity index (χ2n) is 12.6. The maximum Gasteiger partial charge on any atom is 0.409 e. The van der Waals surface area contributed by atoms with Gasteiger partial charge in [0.15, 0.2) is 5.75 Å². The van der Waals surface area contributed by atoms with E-state index in [-0.39, 0.29) is 61.7 Å². The Hall–Kier alpha value is -6.23. The van der Waals surface area contributed by atoms with Gasteiger partial charge in [-0.3, -0.25) is 14.6 Å². The van der Waals surface area contributed by atoms with Crippen LogP contribution in [0.25, 0.3) is 11.0 Å². The molecule has 2 aromatic carbocycles. The van der Waals surface area contributed by atoms with Crippen LogP contribution in [0.1, 0.15) is 27.0 Å². The van der Waals surface area contributed by atoms with E-state index in [1.807, 2.05) is 30.3 Å². The molecule has 4 heterocycles. The number of pyridine rings is 2. The van der Waals surface area contributed by atoms with E-state index in [9.17, 15) is 33.5 Å². The number of rotatable bonds is 13. The zero-order valence-electron chi connectivity index (χ0n) is 29.9. The maximum absolute atomic E-state index is 13.8. The summed E-state index contributed by atoms with van der Waals surface area (Å²) in [6.45, 7) is 4.15. The monoisotopic (exact) mass is 745 g/mol. The predicted octanol–water partition coefficient (Wildman–Crippen LogP) is 1.83. The molecular weight excluding hydrogens is 701 g/mol. The zero-order valence-corrected chi connectivity index (χ0v) is 29.9. The number of hydrogen-bond acceptors (Lipinski definition) is 9. The number of benzene rings is 2. The molecule has 54 heavy (non-hydrogen) atoms. The topological polar surface area (TPSA) is 204 Å². The van der Waals surface area contributed by atoms with E-state index < -0.39 is 28.9 Å². The van der Waals surface area contributed by atoms with E-state index in [1.54, 1.807) is 23.1 Å². The van der Waals surface area contributed by atoms with Crippen LogP contribution in [0.2, 0.25) is 0 Å². The number of aromatic nitrogens is 2. The third-order valence-electron chi connectivity index (χ3n) is 8.82. The van der Waals surface area contributed by atoms with Gasteiger partial charge in [-0.15, -0.1) is 0 Å². The number of hydrogen-bond donors (Lipinski definition) is 5. The first kappa shape index (κ1) is 39.0. The number of carbonyl (C=O) groups excluding carboxylic acids is 4. The minimum Gasteiger partial charge on any atom is -0.505 e. The van der Waals surface area contributed by atoms with Gasteiger partial charge in [0, 0.05) is 78.7 Å². The molecule has 2 aromatic heterocycles. The third kappa shape index (κ3) is 10.0. The number of amides is 6. The van der Waals surface area contributed by atoms with E-state index in [4.69, 9.17) is 10.5 Å². The van der Waals surface area contributed by atoms with Gasteiger partial charge < -0.3 is 50.8 Å². The second kappa shape index (κ2) is 18.5. The van der Waals surface area contributed by atoms with Crippen molar-refractivity contribution in [3.05, 3.63) is 105 Å². The number of likely N-dealkylation sites (N-methyl/N-ethyl adjacent to an activating group) is 1. The Labute approximate surface area is 310 Å². The molecule has 0 radical (unpaired) electrons. The van der Waals surface area contributed by atoms with Crippen LogP contribution < -0.4 is 27.2 Å². The lowest BCUT2D eigenvalue weighted by molar-refractivity contribution is 0.0943. The average molecular weight is 746 g/mol. The Morgan fingerprint density at radius 1 is 0.944 bits per heavy atom. The lowest BCUT2D eigenvalue weighted by Gasteiger charge is -2.20. The van der Waals surface area contributed by atoms with E-state index in [2.05, 4.69) is 20.9 Å². The van der Waals surface area contributed by atoms with Crippen molar-refractivity contribution in [2.45, 2.75) is 19.6 Å². The summed E-state index contributed by atoms with van der Waals surface area (Å²) in [5.41, 5.74) is 6.56. The van der Waals surface area contributed by atoms with Crippen molar-refractivity contribution >= 4 is 35.1 Å². The quantitative estimate of drug-likeness (QED) is 0.135. The highest BCUT2D eigenvalue weighted by atomic mass is 19.1. The van der Waals surface area contributed by atoms with E-state index >= 15 is 0 Å². The summed E-state index contributed by atoms with van der Waals surface area (Å²) in [6, 6.07) is 16.6. The molecule has 0 aliphatic carbocycles. The first-order chi connectivity index (χ1) is 26.0. The maximum atomic E-state index is 13.8. The van der Waals surface area contributed by atoms with Crippen LogP contribution in [0.5, 0.6) is 5.75 Å². The number of urea groups is 2. The number of ether oxygens (including phenoxy) is 1. The van der Waals surface area contributed by atoms with Crippen molar-refractivity contribution < 1.29 is 33.4 Å². The summed E-state index contributed by atoms with van der Waals surface area (Å²) in [5.74, 6) is -1.76. The normalized spacial score (nSPS) is 13.6. The average Bonchev–Trinajstić information content (AvgIpc) is 3.78. The van der Waals surface area contributed by atoms with Crippen LogP contribution in [0.3, 0.4) is 0 Å². The molecule has 2 saturated heterocycles. The molecule has 0 unspecified atom stereocenters. The van der Waals surface area contributed by atoms with E-state index in [0.29, 0.717) is 38.2 Å². The number of aromatic hydroxyl groups is 1. The fourth-order valence-electron chi connectivity index (χ4n) is 5.88. The van der Waals surface area contributed by atoms with Gasteiger partial charge in [0.25, 0.3) is 11.5 Å². The number of carbonyl (C=O) groups is 4. The van der Waals surface area contributed by atoms with Gasteiger partial charge in [-0.1, -0.05) is 42.5 Å². The molecule has 6 N–H and O–H groups in total. The standard InChI is InChI=1S/C32H33FN6O6.C5H11N3O/c1-37(32(44)45-20-22-5-3-2-4-6-22)15-16-39-25-18-23(17-21-7-9-24(33)10-8-21)19-36-27(25)28(40)26(30(39)42)29(41)34-11-13-38-14-12-35-31(38)43;6-1-3-8-4-2-7-5(8)9/h2-10,18-19,40H,11-17,20H2,1H3,(H,34,41)(H,35,43);1-4,6H2,(H,7,9). The molecule has 6 rings (SSSR count). The minimum atomic E-state index is -0.819. The Morgan fingerprint density at radius 2 is 1.61 bits per heavy atom. The first-order valence-corrected chi connectivity index (χ1v) is 17.5. The predicted molar refractivity (Wildman–Crippen MR) is 197 cm³/mol. The lowest BCUT2D eigenvalue weighted by atomic mass is 10.1. The summed E-state index contributed by atoms with van der Waals surface area (Å²) in [7, 11) is 1.53. The van der Waals surface area contributed by atoms with Crippen molar-refractivity contribution in [2.75, 3.05) is 66.0 Å². The van der Waals surface area contributed by atoms with Crippen molar-refractivity contribution in [1.29, 1.82) is 0 Å². The molecule has 16 nitrogen and oxygen atoms in total. The molecule has 0 bridgehead atoms. The van der Waals surface area contributed by atoms with Crippen LogP contribution in [-0.4, -0.2) is 119 Å². The molecule has 2 aliphatic rings. The molecule has 0 atom stereocenters. The van der Waals surface area contributed by atoms with Gasteiger partial charge in [-0.05, 0) is 41.3 Å². The first-order valence-electron chi connectivity index (χ1n) is 17.5. The highest BCUT2D eigenvalue weighted by molar-refractivity contribution is 6.01. The largest absolute Gasteiger partial charge is 0.505 e. The van der Waals surface area contributed by atoms with Crippen LogP contribution in [0.4, 0.5) is 18.8 Å². The smallest absolute Gasteiger partial charge is 0.409 e. The summed E-state index contributed by atoms with van der Waals surface area (Å²) in [5, 5.41) is 19.1. The van der Waals surface area contributed by atoms with Gasteiger partial charge in [0.1, 0.15) is 23.5 Å². The van der Waals surface area contributed by atoms with Gasteiger partial charge in [0.2, 0.25) is 0 Å². The van der Waals surface area contributed by atoms with Crippen molar-refractivity contribution in [3.63, 3.8) is 0 Å². The number of nitrogens with zero attached hydrogens (tertiary/aromatic N) is 5. The van der Waals surface area contributed by atoms with Gasteiger partial charge >= 0.3 is 18.2 Å².